The minimum atomic E-state index is -1.12. The maximum absolute atomic E-state index is 13.7. The van der Waals surface area contributed by atoms with E-state index in [1.807, 2.05) is 0 Å². The predicted molar refractivity (Wildman–Crippen MR) is 97.1 cm³/mol. The van der Waals surface area contributed by atoms with E-state index in [1.54, 1.807) is 0 Å². The van der Waals surface area contributed by atoms with Crippen LogP contribution in [0.15, 0.2) is 30.6 Å². The lowest BCUT2D eigenvalue weighted by molar-refractivity contribution is 0.118. The number of primary amides is 1. The van der Waals surface area contributed by atoms with E-state index in [-0.39, 0.29) is 22.8 Å². The third-order valence-corrected chi connectivity index (χ3v) is 3.80. The molecule has 0 aromatic carbocycles. The van der Waals surface area contributed by atoms with Gasteiger partial charge < -0.3 is 15.2 Å². The first-order valence-corrected chi connectivity index (χ1v) is 8.36. The molecule has 0 fully saturated rings. The molecule has 0 spiro atoms. The Morgan fingerprint density at radius 1 is 1.23 bits per heavy atom. The summed E-state index contributed by atoms with van der Waals surface area (Å²) in [6.07, 6.45) is -1.13. The molecule has 30 heavy (non-hydrogen) atoms. The highest BCUT2D eigenvalue weighted by molar-refractivity contribution is 5.88. The Kier molecular flexibility index (Phi) is 5.80. The van der Waals surface area contributed by atoms with Crippen LogP contribution in [0.1, 0.15) is 18.6 Å². The number of nitrogens with one attached hydrogen (secondary N) is 1. The van der Waals surface area contributed by atoms with Gasteiger partial charge in [0.2, 0.25) is 5.95 Å². The number of nitrogens with zero attached hydrogens (tertiary/aromatic N) is 5. The van der Waals surface area contributed by atoms with Crippen LogP contribution < -0.4 is 15.8 Å². The smallest absolute Gasteiger partial charge is 0.413 e. The van der Waals surface area contributed by atoms with Gasteiger partial charge in [-0.3, -0.25) is 10.3 Å². The molecule has 3 rings (SSSR count). The first kappa shape index (κ1) is 20.6. The van der Waals surface area contributed by atoms with E-state index in [0.717, 1.165) is 6.07 Å². The topological polar surface area (TPSA) is 147 Å². The number of nitrogens with two attached hydrogens (primary N) is 1. The molecule has 1 atom stereocenters. The molecule has 0 saturated heterocycles. The van der Waals surface area contributed by atoms with Crippen molar-refractivity contribution in [3.63, 3.8) is 0 Å². The third kappa shape index (κ3) is 4.63. The summed E-state index contributed by atoms with van der Waals surface area (Å²) in [7, 11) is 1.51. The maximum atomic E-state index is 13.7. The molecule has 0 unspecified atom stereocenters. The van der Waals surface area contributed by atoms with Gasteiger partial charge in [0.15, 0.2) is 17.3 Å². The fourth-order valence-electron chi connectivity index (χ4n) is 2.44. The monoisotopic (exact) mass is 419 g/mol. The second kappa shape index (κ2) is 8.46. The fourth-order valence-corrected chi connectivity index (χ4v) is 2.44. The largest absolute Gasteiger partial charge is 0.441 e. The molecule has 3 N–H and O–H groups in total. The van der Waals surface area contributed by atoms with Crippen molar-refractivity contribution in [3.8, 4) is 17.1 Å². The minimum absolute atomic E-state index is 0.114. The molecule has 0 aliphatic rings. The summed E-state index contributed by atoms with van der Waals surface area (Å²) in [5.74, 6) is -1.48. The lowest BCUT2D eigenvalue weighted by Crippen LogP contribution is -2.19. The number of halogens is 2. The van der Waals surface area contributed by atoms with Gasteiger partial charge in [0.1, 0.15) is 11.9 Å². The molecule has 0 aliphatic heterocycles. The average molecular weight is 419 g/mol. The Hall–Kier alpha value is -4.16. The molecule has 3 heterocycles. The highest BCUT2D eigenvalue weighted by Crippen LogP contribution is 2.26. The summed E-state index contributed by atoms with van der Waals surface area (Å²) in [5, 5.41) is 10.2. The minimum Gasteiger partial charge on any atom is -0.441 e. The molecule has 13 heteroatoms. The summed E-state index contributed by atoms with van der Waals surface area (Å²) >= 11 is 0. The van der Waals surface area contributed by atoms with Crippen molar-refractivity contribution in [3.05, 3.63) is 47.9 Å². The Morgan fingerprint density at radius 3 is 2.67 bits per heavy atom. The third-order valence-electron chi connectivity index (χ3n) is 3.80. The number of pyridine rings is 2. The van der Waals surface area contributed by atoms with E-state index in [9.17, 15) is 18.4 Å². The normalized spacial score (nSPS) is 11.6. The molecule has 0 aliphatic carbocycles. The van der Waals surface area contributed by atoms with Gasteiger partial charge in [-0.2, -0.15) is 4.39 Å². The summed E-state index contributed by atoms with van der Waals surface area (Å²) < 4.78 is 38.1. The predicted octanol–water partition coefficient (Wildman–Crippen LogP) is 2.32. The van der Waals surface area contributed by atoms with Gasteiger partial charge in [-0.25, -0.2) is 23.6 Å². The van der Waals surface area contributed by atoms with Crippen molar-refractivity contribution >= 4 is 18.0 Å². The Bertz CT molecular complexity index is 1090. The van der Waals surface area contributed by atoms with Crippen molar-refractivity contribution in [2.75, 3.05) is 5.32 Å². The van der Waals surface area contributed by atoms with E-state index in [2.05, 4.69) is 25.6 Å². The second-order valence-electron chi connectivity index (χ2n) is 5.92. The molecule has 0 bridgehead atoms. The number of hydrogen-bond acceptors (Lipinski definition) is 8. The van der Waals surface area contributed by atoms with Crippen LogP contribution in [0.4, 0.5) is 24.2 Å². The van der Waals surface area contributed by atoms with Crippen LogP contribution in [0, 0.1) is 11.8 Å². The number of aromatic nitrogens is 5. The lowest BCUT2D eigenvalue weighted by atomic mass is 10.2. The lowest BCUT2D eigenvalue weighted by Gasteiger charge is -2.15. The van der Waals surface area contributed by atoms with Gasteiger partial charge in [-0.1, -0.05) is 5.21 Å². The zero-order valence-corrected chi connectivity index (χ0v) is 15.7. The van der Waals surface area contributed by atoms with Crippen LogP contribution in [-0.4, -0.2) is 37.1 Å². The highest BCUT2D eigenvalue weighted by Gasteiger charge is 2.21. The summed E-state index contributed by atoms with van der Waals surface area (Å²) in [4.78, 5) is 30.4. The Morgan fingerprint density at radius 2 is 2.00 bits per heavy atom. The summed E-state index contributed by atoms with van der Waals surface area (Å²) in [5.41, 5.74) is 5.19. The first-order valence-electron chi connectivity index (χ1n) is 8.36. The first-order chi connectivity index (χ1) is 14.2. The number of anilines is 1. The molecular weight excluding hydrogens is 404 g/mol. The number of hydrogen-bond donors (Lipinski definition) is 2. The average Bonchev–Trinajstić information content (AvgIpc) is 3.04. The fraction of sp³-hybridized carbons (Fsp3) is 0.176. The molecule has 0 radical (unpaired) electrons. The van der Waals surface area contributed by atoms with Gasteiger partial charge in [0.05, 0.1) is 23.7 Å². The summed E-state index contributed by atoms with van der Waals surface area (Å²) in [6.45, 7) is 1.36. The van der Waals surface area contributed by atoms with E-state index >= 15 is 0 Å². The summed E-state index contributed by atoms with van der Waals surface area (Å²) in [6, 6.07) is 3.78. The van der Waals surface area contributed by atoms with Crippen molar-refractivity contribution < 1.29 is 27.8 Å². The molecule has 3 aromatic heterocycles. The van der Waals surface area contributed by atoms with Gasteiger partial charge in [0, 0.05) is 7.05 Å². The zero-order valence-electron chi connectivity index (χ0n) is 15.7. The van der Waals surface area contributed by atoms with E-state index in [4.69, 9.17) is 15.2 Å². The van der Waals surface area contributed by atoms with Gasteiger partial charge in [-0.15, -0.1) is 5.10 Å². The number of carbonyl (C=O) groups is 2. The molecule has 0 saturated carbocycles. The van der Waals surface area contributed by atoms with Crippen LogP contribution >= 0.6 is 0 Å². The van der Waals surface area contributed by atoms with Crippen LogP contribution in [-0.2, 0) is 11.8 Å². The van der Waals surface area contributed by atoms with Crippen LogP contribution in [0.2, 0.25) is 0 Å². The Balaban J connectivity index is 1.75. The SMILES string of the molecule is C[C@@H](OC(=O)Nc1c(-c2ccc(OC(N)=O)cn2)nnn1C)c1cc(F)cnc1F. The maximum Gasteiger partial charge on any atom is 0.413 e. The number of ether oxygens (including phenoxy) is 2. The number of aryl methyl sites for hydroxylation is 1. The van der Waals surface area contributed by atoms with E-state index < -0.39 is 30.1 Å². The Labute approximate surface area is 167 Å². The quantitative estimate of drug-likeness (QED) is 0.599. The van der Waals surface area contributed by atoms with Gasteiger partial charge >= 0.3 is 12.2 Å². The molecule has 11 nitrogen and oxygen atoms in total. The zero-order chi connectivity index (χ0) is 21.8. The van der Waals surface area contributed by atoms with Gasteiger partial charge in [-0.05, 0) is 25.1 Å². The van der Waals surface area contributed by atoms with Gasteiger partial charge in [0.25, 0.3) is 0 Å². The number of rotatable bonds is 5. The van der Waals surface area contributed by atoms with Crippen molar-refractivity contribution in [1.82, 2.24) is 25.0 Å². The van der Waals surface area contributed by atoms with Crippen LogP contribution in [0.3, 0.4) is 0 Å². The van der Waals surface area contributed by atoms with Crippen molar-refractivity contribution in [2.24, 2.45) is 12.8 Å². The number of carbonyl (C=O) groups excluding carboxylic acids is 2. The van der Waals surface area contributed by atoms with E-state index in [0.29, 0.717) is 11.9 Å². The highest BCUT2D eigenvalue weighted by atomic mass is 19.1. The van der Waals surface area contributed by atoms with Crippen LogP contribution in [0.5, 0.6) is 5.75 Å². The van der Waals surface area contributed by atoms with E-state index in [1.165, 1.54) is 37.0 Å². The molecular formula is C17H15F2N7O4. The standard InChI is InChI=1S/C17H15F2N7O4/c1-8(11-5-9(18)6-22-14(11)19)29-17(28)23-15-13(24-25-26(15)2)12-4-3-10(7-21-12)30-16(20)27/h3-8H,1-2H3,(H2,20,27)(H,23,28)/t8-/m1/s1. The second-order valence-corrected chi connectivity index (χ2v) is 5.92. The van der Waals surface area contributed by atoms with Crippen molar-refractivity contribution in [2.45, 2.75) is 13.0 Å². The van der Waals surface area contributed by atoms with Crippen LogP contribution in [0.25, 0.3) is 11.4 Å². The molecule has 156 valence electrons. The molecule has 2 amide bonds. The van der Waals surface area contributed by atoms with Crippen molar-refractivity contribution in [1.29, 1.82) is 0 Å². The number of amides is 2. The molecule has 3 aromatic rings.